The van der Waals surface area contributed by atoms with E-state index in [0.29, 0.717) is 35.6 Å². The van der Waals surface area contributed by atoms with Gasteiger partial charge in [-0.2, -0.15) is 5.26 Å². The SMILES string of the molecule is N#Cc1ccc(Oc2ccc(NC(=O)[C@@H]3CC=CC[C@H]3C(=O)[O-])cc2)cc1. The number of nitriles is 1. The summed E-state index contributed by atoms with van der Waals surface area (Å²) in [5, 5.41) is 22.8. The molecule has 1 amide bonds. The van der Waals surface area contributed by atoms with Crippen molar-refractivity contribution in [2.24, 2.45) is 11.8 Å². The van der Waals surface area contributed by atoms with Gasteiger partial charge in [-0.1, -0.05) is 12.2 Å². The third kappa shape index (κ3) is 4.53. The standard InChI is InChI=1S/C21H18N2O4/c22-13-14-5-9-16(10-6-14)27-17-11-7-15(8-12-17)23-20(24)18-3-1-2-4-19(18)21(25)26/h1-2,5-12,18-19H,3-4H2,(H,23,24)(H,25,26)/p-1/t18-,19-/m1/s1. The molecule has 0 radical (unpaired) electrons. The fraction of sp³-hybridized carbons (Fsp3) is 0.190. The van der Waals surface area contributed by atoms with Crippen LogP contribution in [0.2, 0.25) is 0 Å². The zero-order chi connectivity index (χ0) is 19.2. The number of hydrogen-bond acceptors (Lipinski definition) is 5. The van der Waals surface area contributed by atoms with E-state index in [-0.39, 0.29) is 5.91 Å². The Bertz CT molecular complexity index is 895. The lowest BCUT2D eigenvalue weighted by Crippen LogP contribution is -2.41. The minimum Gasteiger partial charge on any atom is -0.550 e. The lowest BCUT2D eigenvalue weighted by atomic mass is 9.82. The zero-order valence-corrected chi connectivity index (χ0v) is 14.4. The van der Waals surface area contributed by atoms with Gasteiger partial charge >= 0.3 is 0 Å². The third-order valence-corrected chi connectivity index (χ3v) is 4.41. The molecule has 0 aliphatic heterocycles. The highest BCUT2D eigenvalue weighted by molar-refractivity contribution is 5.95. The molecule has 0 bridgehead atoms. The number of hydrogen-bond donors (Lipinski definition) is 1. The van der Waals surface area contributed by atoms with Crippen molar-refractivity contribution in [2.45, 2.75) is 12.8 Å². The summed E-state index contributed by atoms with van der Waals surface area (Å²) >= 11 is 0. The molecule has 2 atom stereocenters. The van der Waals surface area contributed by atoms with Crippen LogP contribution in [-0.2, 0) is 9.59 Å². The van der Waals surface area contributed by atoms with Crippen LogP contribution in [0.3, 0.4) is 0 Å². The van der Waals surface area contributed by atoms with Crippen LogP contribution in [0.5, 0.6) is 11.5 Å². The van der Waals surface area contributed by atoms with E-state index in [2.05, 4.69) is 5.32 Å². The lowest BCUT2D eigenvalue weighted by Gasteiger charge is -2.28. The van der Waals surface area contributed by atoms with Crippen molar-refractivity contribution in [3.63, 3.8) is 0 Å². The zero-order valence-electron chi connectivity index (χ0n) is 14.4. The Morgan fingerprint density at radius 3 is 2.07 bits per heavy atom. The summed E-state index contributed by atoms with van der Waals surface area (Å²) in [6, 6.07) is 15.5. The first kappa shape index (κ1) is 18.2. The fourth-order valence-electron chi connectivity index (χ4n) is 2.94. The summed E-state index contributed by atoms with van der Waals surface area (Å²) in [6.45, 7) is 0. The van der Waals surface area contributed by atoms with E-state index in [1.54, 1.807) is 54.6 Å². The van der Waals surface area contributed by atoms with Crippen LogP contribution in [-0.4, -0.2) is 11.9 Å². The van der Waals surface area contributed by atoms with Gasteiger partial charge < -0.3 is 20.0 Å². The normalized spacial score (nSPS) is 18.3. The molecule has 0 saturated heterocycles. The monoisotopic (exact) mass is 361 g/mol. The van der Waals surface area contributed by atoms with Crippen molar-refractivity contribution in [1.82, 2.24) is 0 Å². The van der Waals surface area contributed by atoms with Crippen molar-refractivity contribution < 1.29 is 19.4 Å². The maximum Gasteiger partial charge on any atom is 0.228 e. The van der Waals surface area contributed by atoms with Crippen LogP contribution in [0.25, 0.3) is 0 Å². The van der Waals surface area contributed by atoms with Gasteiger partial charge in [0.2, 0.25) is 5.91 Å². The Morgan fingerprint density at radius 1 is 0.963 bits per heavy atom. The number of anilines is 1. The van der Waals surface area contributed by atoms with Crippen LogP contribution >= 0.6 is 0 Å². The molecule has 27 heavy (non-hydrogen) atoms. The number of allylic oxidation sites excluding steroid dienone is 2. The first-order chi connectivity index (χ1) is 13.1. The van der Waals surface area contributed by atoms with E-state index < -0.39 is 17.8 Å². The second-order valence-electron chi connectivity index (χ2n) is 6.23. The van der Waals surface area contributed by atoms with E-state index in [4.69, 9.17) is 10.00 Å². The average molecular weight is 361 g/mol. The van der Waals surface area contributed by atoms with Gasteiger partial charge in [0, 0.05) is 17.6 Å². The molecular formula is C21H17N2O4-. The van der Waals surface area contributed by atoms with Gasteiger partial charge in [-0.05, 0) is 61.4 Å². The molecule has 0 fully saturated rings. The highest BCUT2D eigenvalue weighted by atomic mass is 16.5. The molecule has 136 valence electrons. The van der Waals surface area contributed by atoms with Gasteiger partial charge in [-0.15, -0.1) is 0 Å². The van der Waals surface area contributed by atoms with Crippen LogP contribution in [0, 0.1) is 23.2 Å². The number of aliphatic carboxylic acids is 1. The molecule has 1 N–H and O–H groups in total. The average Bonchev–Trinajstić information content (AvgIpc) is 2.70. The number of rotatable bonds is 5. The summed E-state index contributed by atoms with van der Waals surface area (Å²) < 4.78 is 5.69. The summed E-state index contributed by atoms with van der Waals surface area (Å²) in [4.78, 5) is 23.6. The Hall–Kier alpha value is -3.59. The van der Waals surface area contributed by atoms with Crippen LogP contribution in [0.15, 0.2) is 60.7 Å². The number of nitrogens with zero attached hydrogens (tertiary/aromatic N) is 1. The first-order valence-corrected chi connectivity index (χ1v) is 8.51. The topological polar surface area (TPSA) is 102 Å². The summed E-state index contributed by atoms with van der Waals surface area (Å²) in [6.07, 6.45) is 4.26. The fourth-order valence-corrected chi connectivity index (χ4v) is 2.94. The molecule has 0 unspecified atom stereocenters. The van der Waals surface area contributed by atoms with Crippen molar-refractivity contribution in [3.8, 4) is 17.6 Å². The van der Waals surface area contributed by atoms with Crippen molar-refractivity contribution in [3.05, 3.63) is 66.2 Å². The smallest absolute Gasteiger partial charge is 0.228 e. The maximum atomic E-state index is 12.4. The second kappa shape index (κ2) is 8.19. The van der Waals surface area contributed by atoms with E-state index in [9.17, 15) is 14.7 Å². The van der Waals surface area contributed by atoms with Gasteiger partial charge in [-0.3, -0.25) is 4.79 Å². The van der Waals surface area contributed by atoms with Crippen molar-refractivity contribution >= 4 is 17.6 Å². The first-order valence-electron chi connectivity index (χ1n) is 8.51. The number of benzene rings is 2. The molecule has 2 aromatic carbocycles. The minimum atomic E-state index is -1.20. The number of carbonyl (C=O) groups is 2. The Labute approximate surface area is 156 Å². The minimum absolute atomic E-state index is 0.303. The molecule has 0 saturated carbocycles. The summed E-state index contributed by atoms with van der Waals surface area (Å²) in [5.74, 6) is -1.83. The third-order valence-electron chi connectivity index (χ3n) is 4.41. The number of amides is 1. The van der Waals surface area contributed by atoms with Gasteiger partial charge in [0.05, 0.1) is 17.6 Å². The largest absolute Gasteiger partial charge is 0.550 e. The molecule has 0 spiro atoms. The van der Waals surface area contributed by atoms with E-state index in [0.717, 1.165) is 0 Å². The number of nitrogens with one attached hydrogen (secondary N) is 1. The summed E-state index contributed by atoms with van der Waals surface area (Å²) in [7, 11) is 0. The molecular weight excluding hydrogens is 344 g/mol. The number of carboxylic acids is 1. The maximum absolute atomic E-state index is 12.4. The highest BCUT2D eigenvalue weighted by Gasteiger charge is 2.29. The molecule has 1 aliphatic rings. The Balaban J connectivity index is 1.63. The lowest BCUT2D eigenvalue weighted by molar-refractivity contribution is -0.313. The van der Waals surface area contributed by atoms with Crippen LogP contribution in [0.4, 0.5) is 5.69 Å². The molecule has 1 aliphatic carbocycles. The molecule has 6 nitrogen and oxygen atoms in total. The van der Waals surface area contributed by atoms with E-state index in [1.165, 1.54) is 0 Å². The molecule has 6 heteroatoms. The molecule has 0 aromatic heterocycles. The second-order valence-corrected chi connectivity index (χ2v) is 6.23. The summed E-state index contributed by atoms with van der Waals surface area (Å²) in [5.41, 5.74) is 1.10. The van der Waals surface area contributed by atoms with Crippen molar-refractivity contribution in [2.75, 3.05) is 5.32 Å². The van der Waals surface area contributed by atoms with Crippen LogP contribution in [0.1, 0.15) is 18.4 Å². The Kier molecular flexibility index (Phi) is 5.53. The van der Waals surface area contributed by atoms with Gasteiger partial charge in [-0.25, -0.2) is 0 Å². The molecule has 0 heterocycles. The molecule has 2 aromatic rings. The van der Waals surface area contributed by atoms with Crippen LogP contribution < -0.4 is 15.2 Å². The number of ether oxygens (including phenoxy) is 1. The number of carbonyl (C=O) groups excluding carboxylic acids is 2. The predicted octanol–water partition coefficient (Wildman–Crippen LogP) is 2.62. The predicted molar refractivity (Wildman–Crippen MR) is 96.7 cm³/mol. The van der Waals surface area contributed by atoms with Gasteiger partial charge in [0.15, 0.2) is 0 Å². The van der Waals surface area contributed by atoms with Crippen molar-refractivity contribution in [1.29, 1.82) is 5.26 Å². The van der Waals surface area contributed by atoms with E-state index in [1.807, 2.05) is 12.1 Å². The van der Waals surface area contributed by atoms with Gasteiger partial charge in [0.25, 0.3) is 0 Å². The molecule has 3 rings (SSSR count). The highest BCUT2D eigenvalue weighted by Crippen LogP contribution is 2.28. The van der Waals surface area contributed by atoms with E-state index >= 15 is 0 Å². The van der Waals surface area contributed by atoms with Gasteiger partial charge in [0.1, 0.15) is 11.5 Å². The quantitative estimate of drug-likeness (QED) is 0.825. The number of carboxylic acid groups (broad SMARTS) is 1. The Morgan fingerprint density at radius 2 is 1.52 bits per heavy atom.